The van der Waals surface area contributed by atoms with Crippen LogP contribution in [0.4, 0.5) is 5.69 Å². The number of ether oxygens (including phenoxy) is 1. The molecule has 0 saturated heterocycles. The van der Waals surface area contributed by atoms with E-state index in [1.807, 2.05) is 12.1 Å². The Bertz CT molecular complexity index is 452. The van der Waals surface area contributed by atoms with Crippen LogP contribution < -0.4 is 5.32 Å². The Morgan fingerprint density at radius 1 is 1.26 bits per heavy atom. The number of para-hydroxylation sites is 1. The molecule has 3 nitrogen and oxygen atoms in total. The zero-order chi connectivity index (χ0) is 13.1. The van der Waals surface area contributed by atoms with Gasteiger partial charge in [0.25, 0.3) is 0 Å². The maximum absolute atomic E-state index is 11.9. The van der Waals surface area contributed by atoms with Gasteiger partial charge in [0.15, 0.2) is 0 Å². The predicted octanol–water partition coefficient (Wildman–Crippen LogP) is 3.32. The lowest BCUT2D eigenvalue weighted by molar-refractivity contribution is -0.145. The number of carbonyl (C=O) groups excluding carboxylic acids is 1. The minimum atomic E-state index is -0.0459. The number of fused-ring (bicyclic) bond motifs is 1. The number of hydrogen-bond acceptors (Lipinski definition) is 3. The van der Waals surface area contributed by atoms with Gasteiger partial charge in [-0.05, 0) is 30.4 Å². The van der Waals surface area contributed by atoms with Crippen LogP contribution in [0.1, 0.15) is 43.6 Å². The first kappa shape index (κ1) is 12.5. The molecule has 1 N–H and O–H groups in total. The first-order valence-corrected chi connectivity index (χ1v) is 7.31. The topological polar surface area (TPSA) is 38.3 Å². The van der Waals surface area contributed by atoms with Crippen molar-refractivity contribution in [2.24, 2.45) is 5.92 Å². The van der Waals surface area contributed by atoms with E-state index in [1.165, 1.54) is 31.2 Å². The van der Waals surface area contributed by atoms with Gasteiger partial charge in [-0.3, -0.25) is 4.79 Å². The van der Waals surface area contributed by atoms with E-state index >= 15 is 0 Å². The molecule has 0 aromatic heterocycles. The molecule has 1 saturated carbocycles. The van der Waals surface area contributed by atoms with Gasteiger partial charge in [0.05, 0.1) is 13.0 Å². The third-order valence-corrected chi connectivity index (χ3v) is 4.31. The number of anilines is 1. The summed E-state index contributed by atoms with van der Waals surface area (Å²) in [7, 11) is 0. The van der Waals surface area contributed by atoms with E-state index < -0.39 is 0 Å². The van der Waals surface area contributed by atoms with Crippen molar-refractivity contribution in [1.82, 2.24) is 0 Å². The van der Waals surface area contributed by atoms with Crippen molar-refractivity contribution in [3.8, 4) is 0 Å². The molecule has 0 spiro atoms. The standard InChI is InChI=1S/C16H21NO2/c18-16(19-11-12-5-1-2-6-12)9-13-10-17-15-8-4-3-7-14(13)15/h3-4,7-8,12-13,17H,1-2,5-6,9-11H2. The molecule has 0 bridgehead atoms. The highest BCUT2D eigenvalue weighted by molar-refractivity contribution is 5.72. The van der Waals surface area contributed by atoms with Crippen LogP contribution >= 0.6 is 0 Å². The summed E-state index contributed by atoms with van der Waals surface area (Å²) in [6.07, 6.45) is 5.53. The number of nitrogens with one attached hydrogen (secondary N) is 1. The monoisotopic (exact) mass is 259 g/mol. The molecule has 1 aliphatic heterocycles. The molecule has 2 aliphatic rings. The normalized spacial score (nSPS) is 22.0. The summed E-state index contributed by atoms with van der Waals surface area (Å²) in [5.74, 6) is 0.834. The summed E-state index contributed by atoms with van der Waals surface area (Å²) in [6.45, 7) is 1.47. The zero-order valence-corrected chi connectivity index (χ0v) is 11.2. The fourth-order valence-electron chi connectivity index (χ4n) is 3.19. The van der Waals surface area contributed by atoms with E-state index in [0.29, 0.717) is 18.9 Å². The lowest BCUT2D eigenvalue weighted by Crippen LogP contribution is -2.15. The van der Waals surface area contributed by atoms with E-state index in [2.05, 4.69) is 17.4 Å². The summed E-state index contributed by atoms with van der Waals surface area (Å²) in [5.41, 5.74) is 2.41. The highest BCUT2D eigenvalue weighted by Crippen LogP contribution is 2.33. The molecule has 1 aromatic carbocycles. The van der Waals surface area contributed by atoms with Crippen LogP contribution in [0.25, 0.3) is 0 Å². The van der Waals surface area contributed by atoms with Crippen molar-refractivity contribution in [1.29, 1.82) is 0 Å². The molecular formula is C16H21NO2. The number of rotatable bonds is 4. The molecule has 1 unspecified atom stereocenters. The SMILES string of the molecule is O=C(CC1CNc2ccccc21)OCC1CCCC1. The Morgan fingerprint density at radius 3 is 2.89 bits per heavy atom. The fraction of sp³-hybridized carbons (Fsp3) is 0.562. The Balaban J connectivity index is 1.50. The number of benzene rings is 1. The van der Waals surface area contributed by atoms with Gasteiger partial charge in [0.2, 0.25) is 0 Å². The van der Waals surface area contributed by atoms with Gasteiger partial charge < -0.3 is 10.1 Å². The zero-order valence-electron chi connectivity index (χ0n) is 11.2. The smallest absolute Gasteiger partial charge is 0.306 e. The Morgan fingerprint density at radius 2 is 2.05 bits per heavy atom. The van der Waals surface area contributed by atoms with Crippen molar-refractivity contribution in [3.63, 3.8) is 0 Å². The highest BCUT2D eigenvalue weighted by Gasteiger charge is 2.25. The Kier molecular flexibility index (Phi) is 3.72. The highest BCUT2D eigenvalue weighted by atomic mass is 16.5. The van der Waals surface area contributed by atoms with E-state index in [9.17, 15) is 4.79 Å². The second kappa shape index (κ2) is 5.64. The van der Waals surface area contributed by atoms with Gasteiger partial charge in [-0.25, -0.2) is 0 Å². The van der Waals surface area contributed by atoms with E-state index in [4.69, 9.17) is 4.74 Å². The van der Waals surface area contributed by atoms with Crippen LogP contribution in [0, 0.1) is 5.92 Å². The molecule has 3 rings (SSSR count). The minimum absolute atomic E-state index is 0.0459. The molecule has 1 atom stereocenters. The second-order valence-electron chi connectivity index (χ2n) is 5.70. The van der Waals surface area contributed by atoms with Gasteiger partial charge >= 0.3 is 5.97 Å². The predicted molar refractivity (Wildman–Crippen MR) is 75.2 cm³/mol. The second-order valence-corrected chi connectivity index (χ2v) is 5.70. The van der Waals surface area contributed by atoms with Gasteiger partial charge in [-0.2, -0.15) is 0 Å². The van der Waals surface area contributed by atoms with Gasteiger partial charge in [-0.1, -0.05) is 31.0 Å². The molecule has 19 heavy (non-hydrogen) atoms. The fourth-order valence-corrected chi connectivity index (χ4v) is 3.19. The number of hydrogen-bond donors (Lipinski definition) is 1. The molecule has 0 amide bonds. The van der Waals surface area contributed by atoms with Crippen LogP contribution in [0.3, 0.4) is 0 Å². The third kappa shape index (κ3) is 2.91. The quantitative estimate of drug-likeness (QED) is 0.843. The van der Waals surface area contributed by atoms with Crippen molar-refractivity contribution in [3.05, 3.63) is 29.8 Å². The van der Waals surface area contributed by atoms with Crippen LogP contribution in [0.2, 0.25) is 0 Å². The van der Waals surface area contributed by atoms with Crippen molar-refractivity contribution in [2.45, 2.75) is 38.0 Å². The molecule has 1 heterocycles. The number of esters is 1. The first-order chi connectivity index (χ1) is 9.33. The largest absolute Gasteiger partial charge is 0.465 e. The lowest BCUT2D eigenvalue weighted by Gasteiger charge is -2.12. The Labute approximate surface area is 114 Å². The van der Waals surface area contributed by atoms with Gasteiger partial charge in [-0.15, -0.1) is 0 Å². The summed E-state index contributed by atoms with van der Waals surface area (Å²) in [6, 6.07) is 8.22. The number of carbonyl (C=O) groups is 1. The van der Waals surface area contributed by atoms with Crippen molar-refractivity contribution >= 4 is 11.7 Å². The average Bonchev–Trinajstić information content (AvgIpc) is 3.07. The molecule has 1 fully saturated rings. The average molecular weight is 259 g/mol. The van der Waals surface area contributed by atoms with Crippen LogP contribution in [-0.2, 0) is 9.53 Å². The summed E-state index contributed by atoms with van der Waals surface area (Å²) in [4.78, 5) is 11.9. The first-order valence-electron chi connectivity index (χ1n) is 7.31. The maximum Gasteiger partial charge on any atom is 0.306 e. The summed E-state index contributed by atoms with van der Waals surface area (Å²) < 4.78 is 5.44. The van der Waals surface area contributed by atoms with Crippen LogP contribution in [-0.4, -0.2) is 19.1 Å². The van der Waals surface area contributed by atoms with Gasteiger partial charge in [0, 0.05) is 18.2 Å². The van der Waals surface area contributed by atoms with Crippen LogP contribution in [0.15, 0.2) is 24.3 Å². The third-order valence-electron chi connectivity index (χ3n) is 4.31. The Hall–Kier alpha value is -1.51. The maximum atomic E-state index is 11.9. The molecule has 1 aliphatic carbocycles. The molecule has 0 radical (unpaired) electrons. The van der Waals surface area contributed by atoms with E-state index in [-0.39, 0.29) is 11.9 Å². The van der Waals surface area contributed by atoms with E-state index in [0.717, 1.165) is 12.2 Å². The lowest BCUT2D eigenvalue weighted by atomic mass is 9.98. The molecule has 1 aromatic rings. The summed E-state index contributed by atoms with van der Waals surface area (Å²) in [5, 5.41) is 3.34. The van der Waals surface area contributed by atoms with Gasteiger partial charge in [0.1, 0.15) is 0 Å². The van der Waals surface area contributed by atoms with Crippen molar-refractivity contribution < 1.29 is 9.53 Å². The van der Waals surface area contributed by atoms with Crippen LogP contribution in [0.5, 0.6) is 0 Å². The molecule has 102 valence electrons. The minimum Gasteiger partial charge on any atom is -0.465 e. The summed E-state index contributed by atoms with van der Waals surface area (Å²) >= 11 is 0. The van der Waals surface area contributed by atoms with E-state index in [1.54, 1.807) is 0 Å². The molecule has 3 heteroatoms. The molecular weight excluding hydrogens is 238 g/mol. The van der Waals surface area contributed by atoms with Crippen molar-refractivity contribution in [2.75, 3.05) is 18.5 Å².